The molecule has 0 saturated carbocycles. The number of esters is 1. The van der Waals surface area contributed by atoms with Crippen LogP contribution in [0.2, 0.25) is 0 Å². The Morgan fingerprint density at radius 2 is 1.61 bits per heavy atom. The smallest absolute Gasteiger partial charge is 0.338 e. The average Bonchev–Trinajstić information content (AvgIpc) is 2.49. The molecule has 0 amide bonds. The highest BCUT2D eigenvalue weighted by Crippen LogP contribution is 2.31. The third-order valence-corrected chi connectivity index (χ3v) is 3.19. The molecular weight excluding hydrogens is 312 g/mol. The first kappa shape index (κ1) is 16.7. The van der Waals surface area contributed by atoms with Gasteiger partial charge in [0, 0.05) is 16.7 Å². The van der Waals surface area contributed by atoms with Crippen LogP contribution >= 0.6 is 0 Å². The van der Waals surface area contributed by atoms with Crippen LogP contribution in [-0.4, -0.2) is 5.97 Å². The van der Waals surface area contributed by atoms with Crippen LogP contribution in [0.15, 0.2) is 36.4 Å². The predicted octanol–water partition coefficient (Wildman–Crippen LogP) is 4.70. The van der Waals surface area contributed by atoms with E-state index in [1.807, 2.05) is 0 Å². The molecule has 0 heterocycles. The summed E-state index contributed by atoms with van der Waals surface area (Å²) in [6.45, 7) is 5.90. The highest BCUT2D eigenvalue weighted by Gasteiger charge is 2.19. The first-order chi connectivity index (χ1) is 10.7. The minimum atomic E-state index is -1.43. The summed E-state index contributed by atoms with van der Waals surface area (Å²) in [6.07, 6.45) is 0. The number of ether oxygens (including phenoxy) is 1. The Kier molecular flexibility index (Phi) is 4.54. The van der Waals surface area contributed by atoms with Gasteiger partial charge in [-0.1, -0.05) is 6.58 Å². The van der Waals surface area contributed by atoms with E-state index in [1.165, 1.54) is 13.8 Å². The standard InChI is InChI=1S/C17H12F4O2/c1-8(2)17(22)23-14-5-4-11(15(20)16(14)21)10-6-12(18)9(3)13(19)7-10/h4-7H,1H2,2-3H3. The quantitative estimate of drug-likeness (QED) is 0.354. The molecule has 0 radical (unpaired) electrons. The van der Waals surface area contributed by atoms with Crippen molar-refractivity contribution in [3.8, 4) is 16.9 Å². The third kappa shape index (κ3) is 3.26. The molecule has 120 valence electrons. The van der Waals surface area contributed by atoms with Gasteiger partial charge in [-0.25, -0.2) is 18.0 Å². The van der Waals surface area contributed by atoms with E-state index in [0.29, 0.717) is 0 Å². The summed E-state index contributed by atoms with van der Waals surface area (Å²) in [7, 11) is 0. The van der Waals surface area contributed by atoms with E-state index in [4.69, 9.17) is 0 Å². The van der Waals surface area contributed by atoms with Crippen molar-refractivity contribution in [2.75, 3.05) is 0 Å². The van der Waals surface area contributed by atoms with Crippen LogP contribution in [0.4, 0.5) is 17.6 Å². The van der Waals surface area contributed by atoms with Gasteiger partial charge in [-0.3, -0.25) is 0 Å². The Morgan fingerprint density at radius 3 is 2.13 bits per heavy atom. The summed E-state index contributed by atoms with van der Waals surface area (Å²) < 4.78 is 59.9. The van der Waals surface area contributed by atoms with Crippen molar-refractivity contribution >= 4 is 5.97 Å². The average molecular weight is 324 g/mol. The fraction of sp³-hybridized carbons (Fsp3) is 0.118. The van der Waals surface area contributed by atoms with Gasteiger partial charge in [-0.2, -0.15) is 4.39 Å². The van der Waals surface area contributed by atoms with Crippen LogP contribution in [-0.2, 0) is 4.79 Å². The zero-order valence-corrected chi connectivity index (χ0v) is 12.3. The number of benzene rings is 2. The van der Waals surface area contributed by atoms with E-state index in [1.54, 1.807) is 0 Å². The predicted molar refractivity (Wildman–Crippen MR) is 76.9 cm³/mol. The Labute approximate surface area is 130 Å². The number of carbonyl (C=O) groups is 1. The van der Waals surface area contributed by atoms with E-state index >= 15 is 0 Å². The van der Waals surface area contributed by atoms with E-state index in [0.717, 1.165) is 24.3 Å². The van der Waals surface area contributed by atoms with Crippen molar-refractivity contribution in [3.63, 3.8) is 0 Å². The molecule has 23 heavy (non-hydrogen) atoms. The Morgan fingerprint density at radius 1 is 1.04 bits per heavy atom. The highest BCUT2D eigenvalue weighted by molar-refractivity contribution is 5.88. The minimum absolute atomic E-state index is 0.0107. The molecule has 0 aliphatic carbocycles. The SMILES string of the molecule is C=C(C)C(=O)Oc1ccc(-c2cc(F)c(C)c(F)c2)c(F)c1F. The second-order valence-corrected chi connectivity index (χ2v) is 4.97. The maximum atomic E-state index is 14.1. The van der Waals surface area contributed by atoms with E-state index < -0.39 is 35.0 Å². The summed E-state index contributed by atoms with van der Waals surface area (Å²) >= 11 is 0. The summed E-state index contributed by atoms with van der Waals surface area (Å²) in [5, 5.41) is 0. The fourth-order valence-electron chi connectivity index (χ4n) is 1.82. The Hall–Kier alpha value is -2.63. The lowest BCUT2D eigenvalue weighted by molar-refractivity contribution is -0.130. The lowest BCUT2D eigenvalue weighted by atomic mass is 10.0. The lowest BCUT2D eigenvalue weighted by Gasteiger charge is -2.10. The highest BCUT2D eigenvalue weighted by atomic mass is 19.2. The second kappa shape index (κ2) is 6.24. The number of hydrogen-bond donors (Lipinski definition) is 0. The molecule has 0 aliphatic heterocycles. The molecule has 0 atom stereocenters. The number of carbonyl (C=O) groups excluding carboxylic acids is 1. The van der Waals surface area contributed by atoms with Gasteiger partial charge in [0.2, 0.25) is 5.82 Å². The van der Waals surface area contributed by atoms with Crippen LogP contribution < -0.4 is 4.74 Å². The van der Waals surface area contributed by atoms with E-state index in [-0.39, 0.29) is 22.3 Å². The van der Waals surface area contributed by atoms with Gasteiger partial charge in [0.25, 0.3) is 0 Å². The van der Waals surface area contributed by atoms with Crippen LogP contribution in [0.1, 0.15) is 12.5 Å². The summed E-state index contributed by atoms with van der Waals surface area (Å²) in [5.41, 5.74) is -0.728. The molecule has 0 aromatic heterocycles. The molecule has 0 spiro atoms. The molecule has 6 heteroatoms. The maximum Gasteiger partial charge on any atom is 0.338 e. The molecule has 0 saturated heterocycles. The van der Waals surface area contributed by atoms with Crippen molar-refractivity contribution in [1.82, 2.24) is 0 Å². The zero-order chi connectivity index (χ0) is 17.3. The number of rotatable bonds is 3. The summed E-state index contributed by atoms with van der Waals surface area (Å²) in [5.74, 6) is -6.11. The van der Waals surface area contributed by atoms with Crippen LogP contribution in [0.5, 0.6) is 5.75 Å². The third-order valence-electron chi connectivity index (χ3n) is 3.19. The molecule has 2 aromatic carbocycles. The summed E-state index contributed by atoms with van der Waals surface area (Å²) in [6, 6.07) is 3.87. The van der Waals surface area contributed by atoms with Crippen LogP contribution in [0.25, 0.3) is 11.1 Å². The van der Waals surface area contributed by atoms with Crippen molar-refractivity contribution in [2.45, 2.75) is 13.8 Å². The number of hydrogen-bond acceptors (Lipinski definition) is 2. The molecule has 2 aromatic rings. The van der Waals surface area contributed by atoms with E-state index in [9.17, 15) is 22.4 Å². The van der Waals surface area contributed by atoms with Crippen molar-refractivity contribution < 1.29 is 27.1 Å². The molecule has 0 fully saturated rings. The zero-order valence-electron chi connectivity index (χ0n) is 12.3. The molecule has 0 aliphatic rings. The molecular formula is C17H12F4O2. The van der Waals surface area contributed by atoms with Gasteiger partial charge in [0.1, 0.15) is 11.6 Å². The molecule has 0 bridgehead atoms. The van der Waals surface area contributed by atoms with Gasteiger partial charge in [-0.05, 0) is 43.7 Å². The topological polar surface area (TPSA) is 26.3 Å². The van der Waals surface area contributed by atoms with Gasteiger partial charge < -0.3 is 4.74 Å². The van der Waals surface area contributed by atoms with Gasteiger partial charge >= 0.3 is 5.97 Å². The fourth-order valence-corrected chi connectivity index (χ4v) is 1.82. The first-order valence-corrected chi connectivity index (χ1v) is 6.54. The van der Waals surface area contributed by atoms with Crippen LogP contribution in [0, 0.1) is 30.2 Å². The number of halogens is 4. The monoisotopic (exact) mass is 324 g/mol. The first-order valence-electron chi connectivity index (χ1n) is 6.54. The molecule has 2 nitrogen and oxygen atoms in total. The lowest BCUT2D eigenvalue weighted by Crippen LogP contribution is -2.10. The van der Waals surface area contributed by atoms with Crippen molar-refractivity contribution in [1.29, 1.82) is 0 Å². The van der Waals surface area contributed by atoms with Gasteiger partial charge in [0.15, 0.2) is 11.6 Å². The van der Waals surface area contributed by atoms with Crippen molar-refractivity contribution in [3.05, 3.63) is 65.2 Å². The largest absolute Gasteiger partial charge is 0.420 e. The Bertz CT molecular complexity index is 789. The molecule has 0 N–H and O–H groups in total. The molecule has 2 rings (SSSR count). The normalized spacial score (nSPS) is 10.5. The summed E-state index contributed by atoms with van der Waals surface area (Å²) in [4.78, 5) is 11.3. The van der Waals surface area contributed by atoms with Gasteiger partial charge in [0.05, 0.1) is 0 Å². The van der Waals surface area contributed by atoms with Gasteiger partial charge in [-0.15, -0.1) is 0 Å². The Balaban J connectivity index is 2.49. The maximum absolute atomic E-state index is 14.1. The second-order valence-electron chi connectivity index (χ2n) is 4.97. The van der Waals surface area contributed by atoms with E-state index in [2.05, 4.69) is 11.3 Å². The van der Waals surface area contributed by atoms with Crippen molar-refractivity contribution in [2.24, 2.45) is 0 Å². The molecule has 0 unspecified atom stereocenters. The van der Waals surface area contributed by atoms with Crippen LogP contribution in [0.3, 0.4) is 0 Å². The minimum Gasteiger partial charge on any atom is -0.420 e.